The lowest BCUT2D eigenvalue weighted by Gasteiger charge is -2.15. The van der Waals surface area contributed by atoms with E-state index < -0.39 is 0 Å². The van der Waals surface area contributed by atoms with Gasteiger partial charge in [0.15, 0.2) is 0 Å². The molecule has 0 fully saturated rings. The van der Waals surface area contributed by atoms with Crippen molar-refractivity contribution in [2.45, 2.75) is 6.92 Å². The van der Waals surface area contributed by atoms with Gasteiger partial charge in [-0.2, -0.15) is 0 Å². The molecule has 0 atom stereocenters. The van der Waals surface area contributed by atoms with Crippen molar-refractivity contribution >= 4 is 33.2 Å². The van der Waals surface area contributed by atoms with Gasteiger partial charge in [0.05, 0.1) is 23.4 Å². The Bertz CT molecular complexity index is 806. The minimum absolute atomic E-state index is 0.307. The Hall–Kier alpha value is -2.34. The number of esters is 1. The summed E-state index contributed by atoms with van der Waals surface area (Å²) < 4.78 is 7.16. The maximum absolute atomic E-state index is 12.3. The van der Waals surface area contributed by atoms with Crippen molar-refractivity contribution in [2.75, 3.05) is 25.6 Å². The summed E-state index contributed by atoms with van der Waals surface area (Å²) >= 11 is 1.37. The Kier molecular flexibility index (Phi) is 3.85. The molecule has 3 heterocycles. The molecule has 0 aliphatic heterocycles. The molecule has 3 aromatic rings. The van der Waals surface area contributed by atoms with E-state index in [0.717, 1.165) is 21.6 Å². The van der Waals surface area contributed by atoms with Crippen LogP contribution in [0.2, 0.25) is 0 Å². The second-order valence-corrected chi connectivity index (χ2v) is 5.99. The van der Waals surface area contributed by atoms with Gasteiger partial charge >= 0.3 is 5.97 Å². The van der Waals surface area contributed by atoms with Crippen LogP contribution in [0.1, 0.15) is 16.6 Å². The first-order chi connectivity index (χ1) is 10.6. The number of fused-ring (bicyclic) bond motifs is 1. The Labute approximate surface area is 132 Å². The van der Waals surface area contributed by atoms with Gasteiger partial charge in [0, 0.05) is 32.7 Å². The maximum Gasteiger partial charge on any atom is 0.350 e. The van der Waals surface area contributed by atoms with Gasteiger partial charge in [0.2, 0.25) is 0 Å². The van der Waals surface area contributed by atoms with Crippen LogP contribution < -0.4 is 4.90 Å². The third kappa shape index (κ3) is 2.35. The van der Waals surface area contributed by atoms with Gasteiger partial charge in [-0.05, 0) is 25.1 Å². The molecule has 0 radical (unpaired) electrons. The first-order valence-corrected chi connectivity index (χ1v) is 7.84. The number of hydrogen-bond acceptors (Lipinski definition) is 5. The lowest BCUT2D eigenvalue weighted by atomic mass is 10.2. The summed E-state index contributed by atoms with van der Waals surface area (Å²) in [6.07, 6.45) is 5.62. The number of ether oxygens (including phenoxy) is 1. The zero-order valence-electron chi connectivity index (χ0n) is 12.7. The van der Waals surface area contributed by atoms with Crippen molar-refractivity contribution in [1.29, 1.82) is 0 Å². The minimum atomic E-state index is -0.307. The van der Waals surface area contributed by atoms with Crippen LogP contribution in [0.25, 0.3) is 15.9 Å². The lowest BCUT2D eigenvalue weighted by Crippen LogP contribution is -2.10. The second kappa shape index (κ2) is 5.81. The zero-order valence-corrected chi connectivity index (χ0v) is 13.6. The van der Waals surface area contributed by atoms with E-state index in [1.165, 1.54) is 11.3 Å². The monoisotopic (exact) mass is 315 g/mol. The van der Waals surface area contributed by atoms with E-state index in [0.29, 0.717) is 11.5 Å². The summed E-state index contributed by atoms with van der Waals surface area (Å²) in [5.41, 5.74) is 1.86. The van der Waals surface area contributed by atoms with Gasteiger partial charge in [-0.1, -0.05) is 0 Å². The highest BCUT2D eigenvalue weighted by Gasteiger charge is 2.23. The summed E-state index contributed by atoms with van der Waals surface area (Å²) in [7, 11) is 3.96. The predicted octanol–water partition coefficient (Wildman–Crippen LogP) is 3.33. The first-order valence-electron chi connectivity index (χ1n) is 7.02. The molecule has 0 bridgehead atoms. The number of aromatic nitrogens is 2. The smallest absolute Gasteiger partial charge is 0.350 e. The van der Waals surface area contributed by atoms with Crippen molar-refractivity contribution in [3.8, 4) is 5.69 Å². The van der Waals surface area contributed by atoms with E-state index in [2.05, 4.69) is 4.98 Å². The molecule has 0 spiro atoms. The minimum Gasteiger partial charge on any atom is -0.462 e. The molecule has 6 heteroatoms. The van der Waals surface area contributed by atoms with Crippen molar-refractivity contribution < 1.29 is 9.53 Å². The number of thiophene rings is 1. The molecule has 0 amide bonds. The van der Waals surface area contributed by atoms with E-state index in [-0.39, 0.29) is 5.97 Å². The lowest BCUT2D eigenvalue weighted by molar-refractivity contribution is 0.0532. The van der Waals surface area contributed by atoms with Crippen LogP contribution in [0.3, 0.4) is 0 Å². The molecule has 114 valence electrons. The van der Waals surface area contributed by atoms with Crippen LogP contribution in [0.4, 0.5) is 5.69 Å². The Morgan fingerprint density at radius 1 is 1.36 bits per heavy atom. The summed E-state index contributed by atoms with van der Waals surface area (Å²) in [6.45, 7) is 2.16. The van der Waals surface area contributed by atoms with Crippen LogP contribution >= 0.6 is 11.3 Å². The van der Waals surface area contributed by atoms with Crippen LogP contribution in [-0.4, -0.2) is 36.2 Å². The quantitative estimate of drug-likeness (QED) is 0.693. The fourth-order valence-corrected chi connectivity index (χ4v) is 3.49. The number of carbonyl (C=O) groups excluding carboxylic acids is 1. The summed E-state index contributed by atoms with van der Waals surface area (Å²) in [5.74, 6) is -0.307. The predicted molar refractivity (Wildman–Crippen MR) is 89.2 cm³/mol. The highest BCUT2D eigenvalue weighted by atomic mass is 32.1. The van der Waals surface area contributed by atoms with Crippen LogP contribution in [0.15, 0.2) is 36.8 Å². The molecule has 3 aromatic heterocycles. The van der Waals surface area contributed by atoms with Crippen LogP contribution in [0.5, 0.6) is 0 Å². The van der Waals surface area contributed by atoms with E-state index in [9.17, 15) is 4.79 Å². The maximum atomic E-state index is 12.3. The highest BCUT2D eigenvalue weighted by Crippen LogP contribution is 2.38. The normalized spacial score (nSPS) is 10.9. The van der Waals surface area contributed by atoms with Crippen molar-refractivity contribution in [2.24, 2.45) is 0 Å². The van der Waals surface area contributed by atoms with Gasteiger partial charge in [-0.25, -0.2) is 9.78 Å². The fourth-order valence-electron chi connectivity index (χ4n) is 2.43. The molecule has 0 aliphatic rings. The average Bonchev–Trinajstić information content (AvgIpc) is 3.13. The topological polar surface area (TPSA) is 47.4 Å². The van der Waals surface area contributed by atoms with Gasteiger partial charge in [-0.3, -0.25) is 0 Å². The molecular formula is C16H17N3O2S. The van der Waals surface area contributed by atoms with E-state index in [4.69, 9.17) is 4.74 Å². The number of anilines is 1. The third-order valence-electron chi connectivity index (χ3n) is 3.35. The number of pyridine rings is 1. The van der Waals surface area contributed by atoms with Crippen molar-refractivity contribution in [1.82, 2.24) is 9.55 Å². The first kappa shape index (κ1) is 14.6. The number of nitrogens with zero attached hydrogens (tertiary/aromatic N) is 3. The largest absolute Gasteiger partial charge is 0.462 e. The average molecular weight is 315 g/mol. The summed E-state index contributed by atoms with van der Waals surface area (Å²) in [4.78, 5) is 20.2. The SMILES string of the molecule is CCOC(=O)c1sc2nccc(N(C)C)c2c1-n1cccc1. The molecule has 5 nitrogen and oxygen atoms in total. The van der Waals surface area contributed by atoms with E-state index in [1.54, 1.807) is 6.20 Å². The number of hydrogen-bond donors (Lipinski definition) is 0. The van der Waals surface area contributed by atoms with Crippen molar-refractivity contribution in [3.05, 3.63) is 41.7 Å². The molecule has 0 aromatic carbocycles. The molecule has 0 N–H and O–H groups in total. The highest BCUT2D eigenvalue weighted by molar-refractivity contribution is 7.21. The van der Waals surface area contributed by atoms with E-state index in [1.807, 2.05) is 61.1 Å². The molecule has 0 saturated carbocycles. The van der Waals surface area contributed by atoms with Crippen LogP contribution in [0, 0.1) is 0 Å². The summed E-state index contributed by atoms with van der Waals surface area (Å²) in [5, 5.41) is 0.969. The van der Waals surface area contributed by atoms with Gasteiger partial charge in [0.25, 0.3) is 0 Å². The molecule has 0 unspecified atom stereocenters. The fraction of sp³-hybridized carbons (Fsp3) is 0.250. The molecular weight excluding hydrogens is 298 g/mol. The standard InChI is InChI=1S/C16H17N3O2S/c1-4-21-16(20)14-13(19-9-5-6-10-19)12-11(18(2)3)7-8-17-15(12)22-14/h5-10H,4H2,1-3H3. The Morgan fingerprint density at radius 2 is 2.09 bits per heavy atom. The second-order valence-electron chi connectivity index (χ2n) is 5.00. The molecule has 3 rings (SSSR count). The van der Waals surface area contributed by atoms with Gasteiger partial charge in [-0.15, -0.1) is 11.3 Å². The molecule has 22 heavy (non-hydrogen) atoms. The Balaban J connectivity index is 2.34. The third-order valence-corrected chi connectivity index (χ3v) is 4.42. The van der Waals surface area contributed by atoms with Crippen LogP contribution in [-0.2, 0) is 4.74 Å². The molecule has 0 saturated heterocycles. The number of rotatable bonds is 4. The zero-order chi connectivity index (χ0) is 15.7. The Morgan fingerprint density at radius 3 is 2.73 bits per heavy atom. The van der Waals surface area contributed by atoms with Crippen molar-refractivity contribution in [3.63, 3.8) is 0 Å². The van der Waals surface area contributed by atoms with Gasteiger partial charge in [0.1, 0.15) is 9.71 Å². The van der Waals surface area contributed by atoms with E-state index >= 15 is 0 Å². The molecule has 0 aliphatic carbocycles. The number of carbonyl (C=O) groups is 1. The van der Waals surface area contributed by atoms with Gasteiger partial charge < -0.3 is 14.2 Å². The summed E-state index contributed by atoms with van der Waals surface area (Å²) in [6, 6.07) is 5.82.